The lowest BCUT2D eigenvalue weighted by atomic mass is 9.96. The van der Waals surface area contributed by atoms with Gasteiger partial charge in [0, 0.05) is 10.5 Å². The maximum Gasteiger partial charge on any atom is 0.338 e. The highest BCUT2D eigenvalue weighted by atomic mass is 32.2. The highest BCUT2D eigenvalue weighted by molar-refractivity contribution is 7.98. The number of rotatable bonds is 7. The number of phenols is 1. The summed E-state index contributed by atoms with van der Waals surface area (Å²) in [5, 5.41) is 19.1. The molecular formula is C30H26N4O4S2. The third-order valence-electron chi connectivity index (χ3n) is 6.28. The molecule has 202 valence electrons. The average Bonchev–Trinajstić information content (AvgIpc) is 3.27. The molecule has 8 nitrogen and oxygen atoms in total. The minimum Gasteiger partial charge on any atom is -0.507 e. The first-order chi connectivity index (χ1) is 19.4. The van der Waals surface area contributed by atoms with Crippen molar-refractivity contribution in [2.75, 3.05) is 12.9 Å². The summed E-state index contributed by atoms with van der Waals surface area (Å²) in [6.45, 7) is 3.69. The average molecular weight is 571 g/mol. The summed E-state index contributed by atoms with van der Waals surface area (Å²) in [5.74, 6) is -0.511. The number of phenolic OH excluding ortho intramolecular Hbond substituents is 1. The van der Waals surface area contributed by atoms with Crippen LogP contribution in [-0.2, 0) is 9.53 Å². The van der Waals surface area contributed by atoms with Crippen molar-refractivity contribution in [2.24, 2.45) is 15.2 Å². The number of esters is 1. The predicted octanol–water partition coefficient (Wildman–Crippen LogP) is 5.64. The van der Waals surface area contributed by atoms with Crippen molar-refractivity contribution in [3.63, 3.8) is 0 Å². The lowest BCUT2D eigenvalue weighted by molar-refractivity contribution is -0.139. The number of fused-ring (bicyclic) bond motifs is 1. The van der Waals surface area contributed by atoms with E-state index in [0.717, 1.165) is 10.5 Å². The van der Waals surface area contributed by atoms with Crippen LogP contribution in [-0.4, -0.2) is 28.5 Å². The van der Waals surface area contributed by atoms with E-state index >= 15 is 0 Å². The van der Waals surface area contributed by atoms with E-state index in [1.807, 2.05) is 60.9 Å². The van der Waals surface area contributed by atoms with Gasteiger partial charge in [0.1, 0.15) is 5.75 Å². The van der Waals surface area contributed by atoms with Crippen molar-refractivity contribution in [1.82, 2.24) is 4.57 Å². The number of nitrogens with zero attached hydrogens (tertiary/aromatic N) is 4. The number of carbonyl (C=O) groups is 1. The number of hydrogen-bond donors (Lipinski definition) is 1. The lowest BCUT2D eigenvalue weighted by Gasteiger charge is -2.24. The Morgan fingerprint density at radius 1 is 1.10 bits per heavy atom. The van der Waals surface area contributed by atoms with E-state index in [-0.39, 0.29) is 17.9 Å². The zero-order valence-corrected chi connectivity index (χ0v) is 23.7. The van der Waals surface area contributed by atoms with Crippen molar-refractivity contribution in [2.45, 2.75) is 24.8 Å². The second kappa shape index (κ2) is 11.8. The molecule has 0 bridgehead atoms. The molecule has 0 radical (unpaired) electrons. The standard InChI is InChI=1S/C30H26N4O4S2/c1-4-38-29(37)26-18(2)31-30-34(27(26)19-10-13-23(39-3)14-11-19)28(36)25(40-30)17-20-16-22(12-15-24(20)35)33-32-21-8-6-5-7-9-21/h5-17,27,35H,4H2,1-3H3/b25-17-,33-32?/t27-/m0/s1. The van der Waals surface area contributed by atoms with E-state index < -0.39 is 12.0 Å². The third-order valence-corrected chi connectivity index (χ3v) is 8.01. The Labute approximate surface area is 238 Å². The van der Waals surface area contributed by atoms with Gasteiger partial charge >= 0.3 is 5.97 Å². The molecule has 0 saturated carbocycles. The van der Waals surface area contributed by atoms with Crippen LogP contribution in [0.25, 0.3) is 6.08 Å². The van der Waals surface area contributed by atoms with Crippen LogP contribution in [0, 0.1) is 0 Å². The highest BCUT2D eigenvalue weighted by Crippen LogP contribution is 2.32. The maximum absolute atomic E-state index is 13.8. The Morgan fingerprint density at radius 2 is 1.82 bits per heavy atom. The molecule has 0 saturated heterocycles. The van der Waals surface area contributed by atoms with E-state index in [0.29, 0.717) is 37.5 Å². The molecule has 1 N–H and O–H groups in total. The monoisotopic (exact) mass is 570 g/mol. The van der Waals surface area contributed by atoms with Crippen LogP contribution in [0.2, 0.25) is 0 Å². The lowest BCUT2D eigenvalue weighted by Crippen LogP contribution is -2.39. The molecule has 5 rings (SSSR count). The fourth-order valence-corrected chi connectivity index (χ4v) is 5.81. The van der Waals surface area contributed by atoms with Crippen molar-refractivity contribution in [1.29, 1.82) is 0 Å². The van der Waals surface area contributed by atoms with Gasteiger partial charge in [-0.3, -0.25) is 9.36 Å². The van der Waals surface area contributed by atoms with Gasteiger partial charge in [-0.25, -0.2) is 9.79 Å². The van der Waals surface area contributed by atoms with Gasteiger partial charge in [0.2, 0.25) is 0 Å². The van der Waals surface area contributed by atoms with Crippen LogP contribution in [0.1, 0.15) is 31.0 Å². The number of aromatic hydroxyl groups is 1. The molecule has 0 amide bonds. The molecule has 3 aromatic carbocycles. The Bertz CT molecular complexity index is 1810. The smallest absolute Gasteiger partial charge is 0.338 e. The molecule has 2 heterocycles. The van der Waals surface area contributed by atoms with Crippen LogP contribution in [0.15, 0.2) is 109 Å². The molecular weight excluding hydrogens is 544 g/mol. The van der Waals surface area contributed by atoms with Crippen LogP contribution in [0.3, 0.4) is 0 Å². The Morgan fingerprint density at radius 3 is 2.52 bits per heavy atom. The number of ether oxygens (including phenoxy) is 1. The molecule has 4 aromatic rings. The number of benzene rings is 3. The quantitative estimate of drug-likeness (QED) is 0.176. The first kappa shape index (κ1) is 27.3. The maximum atomic E-state index is 13.8. The van der Waals surface area contributed by atoms with Crippen molar-refractivity contribution >= 4 is 46.5 Å². The van der Waals surface area contributed by atoms with Gasteiger partial charge in [0.05, 0.1) is 39.8 Å². The van der Waals surface area contributed by atoms with Crippen LogP contribution in [0.4, 0.5) is 11.4 Å². The summed E-state index contributed by atoms with van der Waals surface area (Å²) in [4.78, 5) is 33.0. The van der Waals surface area contributed by atoms with Gasteiger partial charge in [-0.15, -0.1) is 11.8 Å². The second-order valence-corrected chi connectivity index (χ2v) is 10.7. The van der Waals surface area contributed by atoms with Gasteiger partial charge in [-0.2, -0.15) is 10.2 Å². The number of thiazole rings is 1. The summed E-state index contributed by atoms with van der Waals surface area (Å²) >= 11 is 2.80. The van der Waals surface area contributed by atoms with Gasteiger partial charge < -0.3 is 9.84 Å². The Kier molecular flexibility index (Phi) is 8.09. The van der Waals surface area contributed by atoms with Gasteiger partial charge in [0.25, 0.3) is 5.56 Å². The molecule has 1 aliphatic rings. The zero-order valence-electron chi connectivity index (χ0n) is 22.1. The number of carbonyl (C=O) groups excluding carboxylic acids is 1. The van der Waals surface area contributed by atoms with E-state index in [1.54, 1.807) is 43.8 Å². The molecule has 1 aromatic heterocycles. The third kappa shape index (κ3) is 5.54. The summed E-state index contributed by atoms with van der Waals surface area (Å²) < 4.78 is 7.24. The summed E-state index contributed by atoms with van der Waals surface area (Å²) in [5.41, 5.74) is 2.90. The Balaban J connectivity index is 1.62. The minimum atomic E-state index is -0.701. The van der Waals surface area contributed by atoms with E-state index in [4.69, 9.17) is 4.74 Å². The van der Waals surface area contributed by atoms with Crippen molar-refractivity contribution in [3.8, 4) is 5.75 Å². The SMILES string of the molecule is CCOC(=O)C1=C(C)N=c2s/c(=C\c3cc(N=Nc4ccccc4)ccc3O)c(=O)n2[C@H]1c1ccc(SC)cc1. The second-order valence-electron chi connectivity index (χ2n) is 8.85. The highest BCUT2D eigenvalue weighted by Gasteiger charge is 2.33. The van der Waals surface area contributed by atoms with Crippen LogP contribution >= 0.6 is 23.1 Å². The van der Waals surface area contributed by atoms with E-state index in [9.17, 15) is 14.7 Å². The van der Waals surface area contributed by atoms with Crippen LogP contribution in [0.5, 0.6) is 5.75 Å². The van der Waals surface area contributed by atoms with Gasteiger partial charge in [-0.1, -0.05) is 41.7 Å². The summed E-state index contributed by atoms with van der Waals surface area (Å²) in [6, 6.07) is 21.2. The number of aromatic nitrogens is 1. The minimum absolute atomic E-state index is 0.00269. The first-order valence-electron chi connectivity index (χ1n) is 12.5. The number of thioether (sulfide) groups is 1. The molecule has 1 atom stereocenters. The summed E-state index contributed by atoms with van der Waals surface area (Å²) in [6.07, 6.45) is 3.59. The fourth-order valence-electron chi connectivity index (χ4n) is 4.36. The number of azo groups is 1. The normalized spacial score (nSPS) is 15.3. The first-order valence-corrected chi connectivity index (χ1v) is 14.6. The van der Waals surface area contributed by atoms with Crippen LogP contribution < -0.4 is 14.9 Å². The number of hydrogen-bond acceptors (Lipinski definition) is 9. The molecule has 0 unspecified atom stereocenters. The molecule has 0 fully saturated rings. The Hall–Kier alpha value is -4.28. The summed E-state index contributed by atoms with van der Waals surface area (Å²) in [7, 11) is 0. The molecule has 1 aliphatic heterocycles. The largest absolute Gasteiger partial charge is 0.507 e. The van der Waals surface area contributed by atoms with Crippen molar-refractivity contribution in [3.05, 3.63) is 115 Å². The van der Waals surface area contributed by atoms with Gasteiger partial charge in [0.15, 0.2) is 4.80 Å². The predicted molar refractivity (Wildman–Crippen MR) is 157 cm³/mol. The zero-order chi connectivity index (χ0) is 28.2. The van der Waals surface area contributed by atoms with E-state index in [2.05, 4.69) is 15.2 Å². The van der Waals surface area contributed by atoms with Crippen molar-refractivity contribution < 1.29 is 14.6 Å². The molecule has 0 aliphatic carbocycles. The molecule has 40 heavy (non-hydrogen) atoms. The van der Waals surface area contributed by atoms with E-state index in [1.165, 1.54) is 22.0 Å². The number of allylic oxidation sites excluding steroid dienone is 1. The molecule has 10 heteroatoms. The van der Waals surface area contributed by atoms with Gasteiger partial charge in [-0.05, 0) is 74.2 Å². The fraction of sp³-hybridized carbons (Fsp3) is 0.167. The topological polar surface area (TPSA) is 106 Å². The molecule has 0 spiro atoms.